The van der Waals surface area contributed by atoms with E-state index in [1.165, 1.54) is 11.3 Å². The zero-order chi connectivity index (χ0) is 18.7. The highest BCUT2D eigenvalue weighted by Gasteiger charge is 2.19. The van der Waals surface area contributed by atoms with Gasteiger partial charge in [-0.2, -0.15) is 0 Å². The van der Waals surface area contributed by atoms with Crippen LogP contribution in [0.3, 0.4) is 0 Å². The van der Waals surface area contributed by atoms with Crippen molar-refractivity contribution in [2.75, 3.05) is 5.32 Å². The smallest absolute Gasteiger partial charge is 0.230 e. The normalized spacial score (nSPS) is 11.7. The molecule has 0 unspecified atom stereocenters. The maximum atomic E-state index is 12.2. The molecule has 3 aromatic rings. The average molecular weight is 407 g/mol. The lowest BCUT2D eigenvalue weighted by atomic mass is 10.1. The molecule has 0 radical (unpaired) electrons. The van der Waals surface area contributed by atoms with Crippen molar-refractivity contribution in [2.45, 2.75) is 30.4 Å². The van der Waals surface area contributed by atoms with Gasteiger partial charge in [0.05, 0.1) is 27.1 Å². The first-order valence-electron chi connectivity index (χ1n) is 7.98. The second-order valence-corrected chi connectivity index (χ2v) is 10.3. The Kier molecular flexibility index (Phi) is 5.55. The molecular formula is C18H18N2O3S3. The van der Waals surface area contributed by atoms with Crippen molar-refractivity contribution >= 4 is 43.5 Å². The molecule has 2 heterocycles. The van der Waals surface area contributed by atoms with Gasteiger partial charge in [-0.15, -0.1) is 22.7 Å². The van der Waals surface area contributed by atoms with Crippen LogP contribution in [0.15, 0.2) is 52.1 Å². The lowest BCUT2D eigenvalue weighted by molar-refractivity contribution is -0.115. The van der Waals surface area contributed by atoms with Crippen LogP contribution in [0, 0.1) is 0 Å². The molecule has 0 atom stereocenters. The van der Waals surface area contributed by atoms with Crippen molar-refractivity contribution < 1.29 is 13.2 Å². The summed E-state index contributed by atoms with van der Waals surface area (Å²) >= 11 is 2.98. The first-order chi connectivity index (χ1) is 12.4. The van der Waals surface area contributed by atoms with Crippen LogP contribution in [0.4, 0.5) is 5.13 Å². The highest BCUT2D eigenvalue weighted by atomic mass is 32.2. The summed E-state index contributed by atoms with van der Waals surface area (Å²) in [7, 11) is -3.30. The number of amides is 1. The van der Waals surface area contributed by atoms with E-state index in [4.69, 9.17) is 0 Å². The molecule has 0 aliphatic rings. The van der Waals surface area contributed by atoms with Gasteiger partial charge >= 0.3 is 0 Å². The molecule has 1 N–H and O–H groups in total. The summed E-state index contributed by atoms with van der Waals surface area (Å²) in [6.45, 7) is 3.30. The number of rotatable bonds is 6. The second kappa shape index (κ2) is 7.69. The van der Waals surface area contributed by atoms with Crippen molar-refractivity contribution in [2.24, 2.45) is 0 Å². The molecule has 0 fully saturated rings. The molecule has 1 aromatic carbocycles. The monoisotopic (exact) mass is 406 g/mol. The Morgan fingerprint density at radius 3 is 2.50 bits per heavy atom. The second-order valence-electron chi connectivity index (χ2n) is 5.98. The minimum atomic E-state index is -3.30. The fourth-order valence-corrected chi connectivity index (χ4v) is 4.83. The third-order valence-corrected chi connectivity index (χ3v) is 7.58. The third kappa shape index (κ3) is 4.20. The number of anilines is 1. The summed E-state index contributed by atoms with van der Waals surface area (Å²) in [5.74, 6) is -0.184. The lowest BCUT2D eigenvalue weighted by Gasteiger charge is -2.08. The van der Waals surface area contributed by atoms with E-state index in [0.29, 0.717) is 5.13 Å². The van der Waals surface area contributed by atoms with E-state index in [9.17, 15) is 13.2 Å². The van der Waals surface area contributed by atoms with Gasteiger partial charge in [-0.05, 0) is 43.0 Å². The summed E-state index contributed by atoms with van der Waals surface area (Å²) in [5.41, 5.74) is 1.60. The number of aromatic nitrogens is 1. The van der Waals surface area contributed by atoms with Gasteiger partial charge in [0.15, 0.2) is 15.0 Å². The third-order valence-electron chi connectivity index (χ3n) is 3.76. The Hall–Kier alpha value is -2.03. The van der Waals surface area contributed by atoms with Crippen molar-refractivity contribution in [3.05, 3.63) is 52.7 Å². The van der Waals surface area contributed by atoms with E-state index >= 15 is 0 Å². The van der Waals surface area contributed by atoms with Crippen molar-refractivity contribution in [1.29, 1.82) is 0 Å². The van der Waals surface area contributed by atoms with Crippen LogP contribution >= 0.6 is 22.7 Å². The molecule has 5 nitrogen and oxygen atoms in total. The number of thiazole rings is 1. The number of nitrogens with zero attached hydrogens (tertiary/aromatic N) is 1. The van der Waals surface area contributed by atoms with Crippen LogP contribution in [-0.4, -0.2) is 24.6 Å². The van der Waals surface area contributed by atoms with E-state index in [1.54, 1.807) is 49.4 Å². The summed E-state index contributed by atoms with van der Waals surface area (Å²) in [4.78, 5) is 18.0. The molecule has 2 aromatic heterocycles. The predicted octanol–water partition coefficient (Wildman–Crippen LogP) is 4.23. The maximum Gasteiger partial charge on any atom is 0.230 e. The van der Waals surface area contributed by atoms with E-state index in [2.05, 4.69) is 10.3 Å². The number of hydrogen-bond acceptors (Lipinski definition) is 6. The summed E-state index contributed by atoms with van der Waals surface area (Å²) in [6.07, 6.45) is 0.163. The van der Waals surface area contributed by atoms with Gasteiger partial charge in [0, 0.05) is 5.38 Å². The fraction of sp³-hybridized carbons (Fsp3) is 0.222. The van der Waals surface area contributed by atoms with Crippen molar-refractivity contribution in [1.82, 2.24) is 4.98 Å². The first-order valence-corrected chi connectivity index (χ1v) is 11.3. The Bertz CT molecular complexity index is 989. The van der Waals surface area contributed by atoms with E-state index in [0.717, 1.165) is 16.1 Å². The topological polar surface area (TPSA) is 76.1 Å². The molecular weight excluding hydrogens is 388 g/mol. The standard InChI is InChI=1S/C18H18N2O3S3/c1-12(2)26(22,23)14-7-5-13(6-8-14)10-17(21)20-18-19-15(11-25-18)16-4-3-9-24-16/h3-9,11-12H,10H2,1-2H3,(H,19,20,21). The Labute approximate surface area is 160 Å². The van der Waals surface area contributed by atoms with Crippen molar-refractivity contribution in [3.8, 4) is 10.6 Å². The number of carbonyl (C=O) groups excluding carboxylic acids is 1. The lowest BCUT2D eigenvalue weighted by Crippen LogP contribution is -2.15. The number of benzene rings is 1. The van der Waals surface area contributed by atoms with Crippen LogP contribution in [0.1, 0.15) is 19.4 Å². The number of sulfone groups is 1. The summed E-state index contributed by atoms with van der Waals surface area (Å²) < 4.78 is 24.2. The molecule has 26 heavy (non-hydrogen) atoms. The van der Waals surface area contributed by atoms with E-state index in [-0.39, 0.29) is 17.2 Å². The van der Waals surface area contributed by atoms with Gasteiger partial charge in [-0.25, -0.2) is 13.4 Å². The molecule has 0 saturated heterocycles. The molecule has 1 amide bonds. The van der Waals surface area contributed by atoms with Crippen LogP contribution in [0.25, 0.3) is 10.6 Å². The van der Waals surface area contributed by atoms with Crippen LogP contribution < -0.4 is 5.32 Å². The number of carbonyl (C=O) groups is 1. The minimum Gasteiger partial charge on any atom is -0.302 e. The molecule has 136 valence electrons. The first kappa shape index (κ1) is 18.8. The Balaban J connectivity index is 1.63. The van der Waals surface area contributed by atoms with Gasteiger partial charge < -0.3 is 5.32 Å². The van der Waals surface area contributed by atoms with Crippen LogP contribution in [0.5, 0.6) is 0 Å². The number of thiophene rings is 1. The van der Waals surface area contributed by atoms with E-state index in [1.807, 2.05) is 22.9 Å². The van der Waals surface area contributed by atoms with Gasteiger partial charge in [-0.3, -0.25) is 4.79 Å². The largest absolute Gasteiger partial charge is 0.302 e. The molecule has 3 rings (SSSR count). The molecule has 0 bridgehead atoms. The van der Waals surface area contributed by atoms with Crippen molar-refractivity contribution in [3.63, 3.8) is 0 Å². The summed E-state index contributed by atoms with van der Waals surface area (Å²) in [6, 6.07) is 10.4. The van der Waals surface area contributed by atoms with Gasteiger partial charge in [-0.1, -0.05) is 18.2 Å². The van der Waals surface area contributed by atoms with Gasteiger partial charge in [0.2, 0.25) is 5.91 Å². The Morgan fingerprint density at radius 1 is 1.15 bits per heavy atom. The predicted molar refractivity (Wildman–Crippen MR) is 107 cm³/mol. The quantitative estimate of drug-likeness (QED) is 0.664. The van der Waals surface area contributed by atoms with Crippen LogP contribution in [-0.2, 0) is 21.1 Å². The summed E-state index contributed by atoms with van der Waals surface area (Å²) in [5, 5.41) is 6.76. The highest BCUT2D eigenvalue weighted by molar-refractivity contribution is 7.92. The Morgan fingerprint density at radius 2 is 1.88 bits per heavy atom. The number of nitrogens with one attached hydrogen (secondary N) is 1. The number of hydrogen-bond donors (Lipinski definition) is 1. The fourth-order valence-electron chi connectivity index (χ4n) is 2.29. The zero-order valence-corrected chi connectivity index (χ0v) is 16.7. The van der Waals surface area contributed by atoms with Gasteiger partial charge in [0.1, 0.15) is 0 Å². The highest BCUT2D eigenvalue weighted by Crippen LogP contribution is 2.28. The molecule has 0 aliphatic carbocycles. The van der Waals surface area contributed by atoms with Gasteiger partial charge in [0.25, 0.3) is 0 Å². The maximum absolute atomic E-state index is 12.2. The molecule has 0 aliphatic heterocycles. The minimum absolute atomic E-state index is 0.163. The van der Waals surface area contributed by atoms with Crippen LogP contribution in [0.2, 0.25) is 0 Å². The zero-order valence-electron chi connectivity index (χ0n) is 14.3. The van der Waals surface area contributed by atoms with E-state index < -0.39 is 15.1 Å². The molecule has 0 saturated carbocycles. The molecule has 8 heteroatoms. The molecule has 0 spiro atoms. The SMILES string of the molecule is CC(C)S(=O)(=O)c1ccc(CC(=O)Nc2nc(-c3cccs3)cs2)cc1. The average Bonchev–Trinajstić information content (AvgIpc) is 3.26.